The van der Waals surface area contributed by atoms with Crippen LogP contribution in [0.4, 0.5) is 16.4 Å². The molecule has 1 fully saturated rings. The molecule has 34 heavy (non-hydrogen) atoms. The highest BCUT2D eigenvalue weighted by Crippen LogP contribution is 2.24. The highest BCUT2D eigenvalue weighted by molar-refractivity contribution is 6.32. The van der Waals surface area contributed by atoms with Crippen molar-refractivity contribution in [2.75, 3.05) is 50.1 Å². The topological polar surface area (TPSA) is 89.1 Å². The molecule has 1 saturated heterocycles. The van der Waals surface area contributed by atoms with E-state index in [4.69, 9.17) is 25.9 Å². The van der Waals surface area contributed by atoms with Crippen molar-refractivity contribution in [3.05, 3.63) is 41.7 Å². The summed E-state index contributed by atoms with van der Waals surface area (Å²) in [6, 6.07) is 9.33. The molecule has 1 aliphatic heterocycles. The van der Waals surface area contributed by atoms with Crippen LogP contribution in [0.15, 0.2) is 36.7 Å². The Morgan fingerprint density at radius 3 is 2.68 bits per heavy atom. The standard InChI is InChI=1S/C24H34ClN5O4/c1-24(2,3)33-23(31)34-30-12-9-18(10-13-30)16-29(4)22-15-21(27-17-28-22)26-11-14-32-20-8-6-5-7-19(20)25/h5-8,15,17-18H,9-14,16H2,1-4H3,(H,26,27,28). The number of carbonyl (C=O) groups is 1. The molecule has 0 bridgehead atoms. The number of piperidine rings is 1. The number of para-hydroxylation sites is 1. The zero-order valence-corrected chi connectivity index (χ0v) is 21.0. The molecule has 0 unspecified atom stereocenters. The summed E-state index contributed by atoms with van der Waals surface area (Å²) in [5, 5.41) is 5.54. The lowest BCUT2D eigenvalue weighted by molar-refractivity contribution is -0.154. The van der Waals surface area contributed by atoms with E-state index in [1.165, 1.54) is 0 Å². The van der Waals surface area contributed by atoms with E-state index in [0.717, 1.165) is 31.0 Å². The average Bonchev–Trinajstić information content (AvgIpc) is 2.78. The van der Waals surface area contributed by atoms with Crippen LogP contribution in [0.25, 0.3) is 0 Å². The smallest absolute Gasteiger partial charge is 0.490 e. The van der Waals surface area contributed by atoms with E-state index in [1.54, 1.807) is 17.5 Å². The zero-order chi connectivity index (χ0) is 24.6. The van der Waals surface area contributed by atoms with Crippen molar-refractivity contribution in [1.82, 2.24) is 15.0 Å². The van der Waals surface area contributed by atoms with E-state index in [-0.39, 0.29) is 0 Å². The summed E-state index contributed by atoms with van der Waals surface area (Å²) in [4.78, 5) is 28.0. The van der Waals surface area contributed by atoms with Crippen molar-refractivity contribution in [2.45, 2.75) is 39.2 Å². The minimum Gasteiger partial charge on any atom is -0.490 e. The minimum absolute atomic E-state index is 0.461. The Kier molecular flexibility index (Phi) is 9.18. The zero-order valence-electron chi connectivity index (χ0n) is 20.3. The number of hydrogen-bond donors (Lipinski definition) is 1. The summed E-state index contributed by atoms with van der Waals surface area (Å²) in [6.45, 7) is 8.72. The molecular formula is C24H34ClN5O4. The molecule has 2 heterocycles. The predicted molar refractivity (Wildman–Crippen MR) is 132 cm³/mol. The number of aromatic nitrogens is 2. The van der Waals surface area contributed by atoms with E-state index in [0.29, 0.717) is 42.9 Å². The second-order valence-corrected chi connectivity index (χ2v) is 9.68. The number of halogens is 1. The van der Waals surface area contributed by atoms with Crippen LogP contribution in [-0.4, -0.2) is 66.6 Å². The lowest BCUT2D eigenvalue weighted by atomic mass is 9.97. The van der Waals surface area contributed by atoms with Gasteiger partial charge < -0.3 is 24.5 Å². The van der Waals surface area contributed by atoms with Gasteiger partial charge in [-0.1, -0.05) is 23.7 Å². The molecule has 0 aliphatic carbocycles. The van der Waals surface area contributed by atoms with Gasteiger partial charge in [-0.2, -0.15) is 0 Å². The number of carbonyl (C=O) groups excluding carboxylic acids is 1. The molecule has 0 atom stereocenters. The van der Waals surface area contributed by atoms with Gasteiger partial charge in [-0.15, -0.1) is 5.06 Å². The van der Waals surface area contributed by atoms with Gasteiger partial charge >= 0.3 is 6.16 Å². The van der Waals surface area contributed by atoms with E-state index in [1.807, 2.05) is 52.1 Å². The molecule has 1 N–H and O–H groups in total. The lowest BCUT2D eigenvalue weighted by Crippen LogP contribution is -2.40. The summed E-state index contributed by atoms with van der Waals surface area (Å²) >= 11 is 6.11. The van der Waals surface area contributed by atoms with Gasteiger partial charge in [0.15, 0.2) is 0 Å². The Labute approximate surface area is 206 Å². The Morgan fingerprint density at radius 2 is 1.97 bits per heavy atom. The maximum absolute atomic E-state index is 11.9. The van der Waals surface area contributed by atoms with Gasteiger partial charge in [0.1, 0.15) is 35.9 Å². The van der Waals surface area contributed by atoms with Crippen molar-refractivity contribution in [2.24, 2.45) is 5.92 Å². The summed E-state index contributed by atoms with van der Waals surface area (Å²) in [5.74, 6) is 2.72. The SMILES string of the molecule is CN(CC1CCN(OC(=O)OC(C)(C)C)CC1)c1cc(NCCOc2ccccc2Cl)ncn1. The molecule has 2 aromatic rings. The third kappa shape index (κ3) is 8.53. The molecular weight excluding hydrogens is 458 g/mol. The third-order valence-electron chi connectivity index (χ3n) is 5.24. The Morgan fingerprint density at radius 1 is 1.24 bits per heavy atom. The average molecular weight is 492 g/mol. The van der Waals surface area contributed by atoms with Crippen LogP contribution in [-0.2, 0) is 9.57 Å². The van der Waals surface area contributed by atoms with E-state index < -0.39 is 11.8 Å². The molecule has 186 valence electrons. The molecule has 1 aromatic heterocycles. The first kappa shape index (κ1) is 25.8. The monoisotopic (exact) mass is 491 g/mol. The fourth-order valence-electron chi connectivity index (χ4n) is 3.59. The minimum atomic E-state index is -0.652. The first-order valence-corrected chi connectivity index (χ1v) is 11.9. The molecule has 0 spiro atoms. The quantitative estimate of drug-likeness (QED) is 0.398. The molecule has 9 nitrogen and oxygen atoms in total. The van der Waals surface area contributed by atoms with Crippen LogP contribution in [0.5, 0.6) is 5.75 Å². The molecule has 0 saturated carbocycles. The van der Waals surface area contributed by atoms with Crippen LogP contribution in [0, 0.1) is 5.92 Å². The summed E-state index contributed by atoms with van der Waals surface area (Å²) in [6.07, 6.45) is 2.74. The molecule has 1 aliphatic rings. The number of hydrogen-bond acceptors (Lipinski definition) is 9. The van der Waals surface area contributed by atoms with Crippen LogP contribution in [0.1, 0.15) is 33.6 Å². The number of nitrogens with zero attached hydrogens (tertiary/aromatic N) is 4. The number of rotatable bonds is 9. The Bertz CT molecular complexity index is 932. The number of anilines is 2. The fraction of sp³-hybridized carbons (Fsp3) is 0.542. The largest absolute Gasteiger partial charge is 0.528 e. The molecule has 1 aromatic carbocycles. The van der Waals surface area contributed by atoms with Crippen LogP contribution >= 0.6 is 11.6 Å². The number of hydroxylamine groups is 2. The number of nitrogens with one attached hydrogen (secondary N) is 1. The lowest BCUT2D eigenvalue weighted by Gasteiger charge is -2.33. The first-order chi connectivity index (χ1) is 16.2. The van der Waals surface area contributed by atoms with E-state index in [9.17, 15) is 4.79 Å². The van der Waals surface area contributed by atoms with Crippen molar-refractivity contribution >= 4 is 29.4 Å². The highest BCUT2D eigenvalue weighted by Gasteiger charge is 2.26. The predicted octanol–water partition coefficient (Wildman–Crippen LogP) is 4.64. The highest BCUT2D eigenvalue weighted by atomic mass is 35.5. The maximum Gasteiger partial charge on any atom is 0.528 e. The van der Waals surface area contributed by atoms with E-state index in [2.05, 4.69) is 20.2 Å². The van der Waals surface area contributed by atoms with Crippen molar-refractivity contribution in [3.63, 3.8) is 0 Å². The second-order valence-electron chi connectivity index (χ2n) is 9.28. The van der Waals surface area contributed by atoms with Crippen LogP contribution < -0.4 is 15.0 Å². The normalized spacial score (nSPS) is 15.0. The molecule has 0 radical (unpaired) electrons. The number of benzene rings is 1. The van der Waals surface area contributed by atoms with Crippen LogP contribution in [0.3, 0.4) is 0 Å². The fourth-order valence-corrected chi connectivity index (χ4v) is 3.78. The van der Waals surface area contributed by atoms with Gasteiger partial charge in [0, 0.05) is 32.7 Å². The van der Waals surface area contributed by atoms with Gasteiger partial charge in [0.25, 0.3) is 0 Å². The van der Waals surface area contributed by atoms with E-state index >= 15 is 0 Å². The second kappa shape index (κ2) is 12.1. The first-order valence-electron chi connectivity index (χ1n) is 11.5. The van der Waals surface area contributed by atoms with Crippen molar-refractivity contribution < 1.29 is 19.1 Å². The summed E-state index contributed by atoms with van der Waals surface area (Å²) < 4.78 is 10.9. The summed E-state index contributed by atoms with van der Waals surface area (Å²) in [5.41, 5.74) is -0.563. The van der Waals surface area contributed by atoms with Gasteiger partial charge in [-0.3, -0.25) is 0 Å². The Hall–Kier alpha value is -2.78. The molecule has 3 rings (SSSR count). The summed E-state index contributed by atoms with van der Waals surface area (Å²) in [7, 11) is 2.02. The molecule has 0 amide bonds. The molecule has 10 heteroatoms. The van der Waals surface area contributed by atoms with Gasteiger partial charge in [0.05, 0.1) is 11.6 Å². The van der Waals surface area contributed by atoms with Gasteiger partial charge in [-0.25, -0.2) is 14.8 Å². The van der Waals surface area contributed by atoms with Crippen LogP contribution in [0.2, 0.25) is 5.02 Å². The third-order valence-corrected chi connectivity index (χ3v) is 5.56. The van der Waals surface area contributed by atoms with Crippen molar-refractivity contribution in [3.8, 4) is 5.75 Å². The van der Waals surface area contributed by atoms with Crippen molar-refractivity contribution in [1.29, 1.82) is 0 Å². The maximum atomic E-state index is 11.9. The number of ether oxygens (including phenoxy) is 2. The Balaban J connectivity index is 1.40. The van der Waals surface area contributed by atoms with Gasteiger partial charge in [-0.05, 0) is 51.7 Å². The van der Waals surface area contributed by atoms with Gasteiger partial charge in [0.2, 0.25) is 0 Å².